The minimum Gasteiger partial charge on any atom is -0.372 e. The molecule has 0 saturated carbocycles. The second kappa shape index (κ2) is 6.76. The zero-order chi connectivity index (χ0) is 16.5. The summed E-state index contributed by atoms with van der Waals surface area (Å²) in [6.07, 6.45) is 2.04. The first-order valence-electron chi connectivity index (χ1n) is 8.14. The van der Waals surface area contributed by atoms with Crippen molar-refractivity contribution in [2.75, 3.05) is 32.0 Å². The highest BCUT2D eigenvalue weighted by atomic mass is 32.2. The number of nitrogens with zero attached hydrogens (tertiary/aromatic N) is 2. The van der Waals surface area contributed by atoms with E-state index in [0.29, 0.717) is 19.1 Å². The van der Waals surface area contributed by atoms with Gasteiger partial charge in [0.25, 0.3) is 0 Å². The maximum atomic E-state index is 11.5. The van der Waals surface area contributed by atoms with Crippen LogP contribution in [0.4, 0.5) is 0 Å². The minimum absolute atomic E-state index is 0.00127. The van der Waals surface area contributed by atoms with Crippen LogP contribution in [0.2, 0.25) is 0 Å². The van der Waals surface area contributed by atoms with Crippen molar-refractivity contribution in [1.82, 2.24) is 14.6 Å². The van der Waals surface area contributed by atoms with Crippen LogP contribution in [0.1, 0.15) is 30.3 Å². The Balaban J connectivity index is 1.41. The molecule has 0 amide bonds. The number of thiazole rings is 1. The Labute approximate surface area is 142 Å². The molecule has 1 spiro atoms. The molecule has 2 aliphatic rings. The van der Waals surface area contributed by atoms with Gasteiger partial charge in [0, 0.05) is 31.1 Å². The van der Waals surface area contributed by atoms with E-state index in [1.165, 1.54) is 4.88 Å². The first-order chi connectivity index (χ1) is 10.9. The Kier molecular flexibility index (Phi) is 5.08. The van der Waals surface area contributed by atoms with Crippen molar-refractivity contribution in [1.29, 1.82) is 0 Å². The molecule has 2 fully saturated rings. The van der Waals surface area contributed by atoms with Gasteiger partial charge in [0.1, 0.15) is 0 Å². The molecule has 23 heavy (non-hydrogen) atoms. The summed E-state index contributed by atoms with van der Waals surface area (Å²) in [4.78, 5) is 8.03. The molecule has 0 aliphatic carbocycles. The molecule has 0 bridgehead atoms. The second-order valence-electron chi connectivity index (χ2n) is 6.66. The van der Waals surface area contributed by atoms with Crippen molar-refractivity contribution in [2.45, 2.75) is 38.8 Å². The van der Waals surface area contributed by atoms with Crippen molar-refractivity contribution in [3.8, 4) is 0 Å². The lowest BCUT2D eigenvalue weighted by molar-refractivity contribution is -0.180. The van der Waals surface area contributed by atoms with Crippen molar-refractivity contribution in [2.24, 2.45) is 5.92 Å². The highest BCUT2D eigenvalue weighted by Crippen LogP contribution is 2.37. The lowest BCUT2D eigenvalue weighted by Crippen LogP contribution is -2.64. The van der Waals surface area contributed by atoms with Crippen LogP contribution < -0.4 is 4.72 Å². The predicted molar refractivity (Wildman–Crippen MR) is 91.0 cm³/mol. The summed E-state index contributed by atoms with van der Waals surface area (Å²) in [5.41, 5.74) is 3.03. The minimum atomic E-state index is -3.10. The van der Waals surface area contributed by atoms with Crippen LogP contribution >= 0.6 is 11.3 Å². The lowest BCUT2D eigenvalue weighted by Gasteiger charge is -2.52. The molecule has 1 aromatic heterocycles. The van der Waals surface area contributed by atoms with Crippen molar-refractivity contribution in [3.05, 3.63) is 16.1 Å². The summed E-state index contributed by atoms with van der Waals surface area (Å²) < 4.78 is 31.8. The number of rotatable bonds is 6. The second-order valence-corrected chi connectivity index (χ2v) is 9.69. The fourth-order valence-electron chi connectivity index (χ4n) is 3.24. The Morgan fingerprint density at radius 3 is 2.87 bits per heavy atom. The molecule has 1 unspecified atom stereocenters. The van der Waals surface area contributed by atoms with Crippen LogP contribution in [0.15, 0.2) is 5.51 Å². The van der Waals surface area contributed by atoms with Gasteiger partial charge in [0.05, 0.1) is 29.2 Å². The molecule has 1 aromatic rings. The standard InChI is InChI=1S/C15H25N3O3S2/c1-3-23(19,20)17-6-13-4-5-15(21-8-13)9-18(10-15)7-14-12(2)16-11-22-14/h11,13,17H,3-10H2,1-2H3. The molecule has 8 heteroatoms. The van der Waals surface area contributed by atoms with Crippen LogP contribution in [0.25, 0.3) is 0 Å². The molecule has 6 nitrogen and oxygen atoms in total. The summed E-state index contributed by atoms with van der Waals surface area (Å²) in [5.74, 6) is 0.427. The number of aryl methyl sites for hydroxylation is 1. The van der Waals surface area contributed by atoms with Crippen LogP contribution in [-0.4, -0.2) is 55.9 Å². The Hall–Kier alpha value is -0.540. The Bertz CT molecular complexity index is 628. The van der Waals surface area contributed by atoms with Crippen LogP contribution in [0, 0.1) is 12.8 Å². The number of likely N-dealkylation sites (tertiary alicyclic amines) is 1. The maximum Gasteiger partial charge on any atom is 0.211 e. The topological polar surface area (TPSA) is 71.5 Å². The summed E-state index contributed by atoms with van der Waals surface area (Å²) in [7, 11) is -3.10. The number of aromatic nitrogens is 1. The van der Waals surface area contributed by atoms with Gasteiger partial charge in [-0.25, -0.2) is 18.1 Å². The molecular weight excluding hydrogens is 334 g/mol. The van der Waals surface area contributed by atoms with Gasteiger partial charge >= 0.3 is 0 Å². The molecule has 2 aliphatic heterocycles. The highest BCUT2D eigenvalue weighted by Gasteiger charge is 2.46. The van der Waals surface area contributed by atoms with Crippen molar-refractivity contribution >= 4 is 21.4 Å². The van der Waals surface area contributed by atoms with Gasteiger partial charge < -0.3 is 4.74 Å². The zero-order valence-electron chi connectivity index (χ0n) is 13.7. The first kappa shape index (κ1) is 17.3. The SMILES string of the molecule is CCS(=O)(=O)NCC1CCC2(CN(Cc3scnc3C)C2)OC1. The zero-order valence-corrected chi connectivity index (χ0v) is 15.4. The van der Waals surface area contributed by atoms with Crippen molar-refractivity contribution in [3.63, 3.8) is 0 Å². The van der Waals surface area contributed by atoms with Gasteiger partial charge in [-0.3, -0.25) is 4.90 Å². The van der Waals surface area contributed by atoms with Gasteiger partial charge in [-0.2, -0.15) is 0 Å². The largest absolute Gasteiger partial charge is 0.372 e. The number of nitrogens with one attached hydrogen (secondary N) is 1. The molecule has 0 radical (unpaired) electrons. The summed E-state index contributed by atoms with van der Waals surface area (Å²) >= 11 is 1.71. The average molecular weight is 360 g/mol. The molecule has 1 N–H and O–H groups in total. The van der Waals surface area contributed by atoms with E-state index in [4.69, 9.17) is 4.74 Å². The van der Waals surface area contributed by atoms with E-state index in [2.05, 4.69) is 21.5 Å². The Morgan fingerprint density at radius 1 is 1.52 bits per heavy atom. The normalized spacial score (nSPS) is 24.7. The summed E-state index contributed by atoms with van der Waals surface area (Å²) in [5, 5.41) is 0. The predicted octanol–water partition coefficient (Wildman–Crippen LogP) is 1.37. The number of ether oxygens (including phenoxy) is 1. The highest BCUT2D eigenvalue weighted by molar-refractivity contribution is 7.89. The van der Waals surface area contributed by atoms with E-state index in [1.54, 1.807) is 18.3 Å². The van der Waals surface area contributed by atoms with E-state index < -0.39 is 10.0 Å². The fourth-order valence-corrected chi connectivity index (χ4v) is 4.75. The maximum absolute atomic E-state index is 11.5. The fraction of sp³-hybridized carbons (Fsp3) is 0.800. The molecule has 130 valence electrons. The molecule has 1 atom stereocenters. The smallest absolute Gasteiger partial charge is 0.211 e. The third kappa shape index (κ3) is 4.11. The van der Waals surface area contributed by atoms with Crippen LogP contribution in [0.5, 0.6) is 0 Å². The van der Waals surface area contributed by atoms with Gasteiger partial charge in [-0.1, -0.05) is 0 Å². The molecule has 2 saturated heterocycles. The molecule has 3 rings (SSSR count). The van der Waals surface area contributed by atoms with Crippen LogP contribution in [0.3, 0.4) is 0 Å². The van der Waals surface area contributed by atoms with Gasteiger partial charge in [-0.15, -0.1) is 11.3 Å². The van der Waals surface area contributed by atoms with E-state index in [-0.39, 0.29) is 11.4 Å². The summed E-state index contributed by atoms with van der Waals surface area (Å²) in [6.45, 7) is 7.76. The van der Waals surface area contributed by atoms with Gasteiger partial charge in [-0.05, 0) is 32.6 Å². The van der Waals surface area contributed by atoms with Crippen molar-refractivity contribution < 1.29 is 13.2 Å². The van der Waals surface area contributed by atoms with E-state index in [1.807, 2.05) is 5.51 Å². The number of hydrogen-bond acceptors (Lipinski definition) is 6. The Morgan fingerprint density at radius 2 is 2.30 bits per heavy atom. The van der Waals surface area contributed by atoms with Crippen LogP contribution in [-0.2, 0) is 21.3 Å². The number of hydrogen-bond donors (Lipinski definition) is 1. The third-order valence-electron chi connectivity index (χ3n) is 4.84. The summed E-state index contributed by atoms with van der Waals surface area (Å²) in [6, 6.07) is 0. The quantitative estimate of drug-likeness (QED) is 0.831. The molecule has 3 heterocycles. The molecular formula is C15H25N3O3S2. The van der Waals surface area contributed by atoms with Gasteiger partial charge in [0.15, 0.2) is 0 Å². The monoisotopic (exact) mass is 359 g/mol. The van der Waals surface area contributed by atoms with E-state index >= 15 is 0 Å². The average Bonchev–Trinajstić information content (AvgIpc) is 2.90. The first-order valence-corrected chi connectivity index (χ1v) is 10.7. The number of sulfonamides is 1. The molecule has 0 aromatic carbocycles. The van der Waals surface area contributed by atoms with E-state index in [9.17, 15) is 8.42 Å². The lowest BCUT2D eigenvalue weighted by atomic mass is 9.83. The third-order valence-corrected chi connectivity index (χ3v) is 7.13. The van der Waals surface area contributed by atoms with E-state index in [0.717, 1.165) is 38.2 Å². The van der Waals surface area contributed by atoms with Gasteiger partial charge in [0.2, 0.25) is 10.0 Å².